The van der Waals surface area contributed by atoms with E-state index in [2.05, 4.69) is 12.4 Å². The molecule has 4 heteroatoms. The third-order valence-corrected chi connectivity index (χ3v) is 2.52. The van der Waals surface area contributed by atoms with Crippen LogP contribution in [-0.2, 0) is 9.63 Å². The Morgan fingerprint density at radius 2 is 1.94 bits per heavy atom. The SMILES string of the molecule is CCCC(CCN)CCC(=O)NOC(C)(C)C. The monoisotopic (exact) mass is 244 g/mol. The first kappa shape index (κ1) is 16.4. The molecule has 1 atom stereocenters. The van der Waals surface area contributed by atoms with E-state index in [1.165, 1.54) is 0 Å². The van der Waals surface area contributed by atoms with Gasteiger partial charge >= 0.3 is 0 Å². The number of amides is 1. The molecule has 0 rings (SSSR count). The van der Waals surface area contributed by atoms with Crippen LogP contribution in [0.1, 0.15) is 59.8 Å². The highest BCUT2D eigenvalue weighted by Crippen LogP contribution is 2.16. The molecule has 0 spiro atoms. The highest BCUT2D eigenvalue weighted by atomic mass is 16.7. The van der Waals surface area contributed by atoms with Crippen molar-refractivity contribution in [1.82, 2.24) is 5.48 Å². The van der Waals surface area contributed by atoms with Gasteiger partial charge in [-0.15, -0.1) is 0 Å². The zero-order chi connectivity index (χ0) is 13.3. The molecule has 3 N–H and O–H groups in total. The zero-order valence-electron chi connectivity index (χ0n) is 11.7. The van der Waals surface area contributed by atoms with Gasteiger partial charge in [-0.1, -0.05) is 19.8 Å². The molecule has 0 saturated carbocycles. The number of hydroxylamine groups is 1. The summed E-state index contributed by atoms with van der Waals surface area (Å²) in [6.45, 7) is 8.57. The van der Waals surface area contributed by atoms with Crippen molar-refractivity contribution in [3.8, 4) is 0 Å². The molecule has 17 heavy (non-hydrogen) atoms. The lowest BCUT2D eigenvalue weighted by Gasteiger charge is -2.20. The first-order valence-corrected chi connectivity index (χ1v) is 6.56. The molecule has 0 aromatic carbocycles. The van der Waals surface area contributed by atoms with E-state index in [4.69, 9.17) is 10.6 Å². The summed E-state index contributed by atoms with van der Waals surface area (Å²) in [6.07, 6.45) is 4.70. The predicted molar refractivity (Wildman–Crippen MR) is 70.3 cm³/mol. The van der Waals surface area contributed by atoms with Gasteiger partial charge in [0.25, 0.3) is 0 Å². The van der Waals surface area contributed by atoms with Crippen LogP contribution in [0.5, 0.6) is 0 Å². The molecule has 0 aliphatic carbocycles. The summed E-state index contributed by atoms with van der Waals surface area (Å²) in [6, 6.07) is 0. The average Bonchev–Trinajstić information content (AvgIpc) is 2.23. The Balaban J connectivity index is 3.79. The van der Waals surface area contributed by atoms with Crippen LogP contribution in [-0.4, -0.2) is 18.1 Å². The average molecular weight is 244 g/mol. The second kappa shape index (κ2) is 8.48. The first-order valence-electron chi connectivity index (χ1n) is 6.56. The minimum atomic E-state index is -0.338. The lowest BCUT2D eigenvalue weighted by molar-refractivity contribution is -0.145. The second-order valence-electron chi connectivity index (χ2n) is 5.51. The number of rotatable bonds is 8. The van der Waals surface area contributed by atoms with Crippen LogP contribution >= 0.6 is 0 Å². The molecular formula is C13H28N2O2. The van der Waals surface area contributed by atoms with Crippen LogP contribution in [0, 0.1) is 5.92 Å². The molecule has 0 radical (unpaired) electrons. The largest absolute Gasteiger partial charge is 0.330 e. The van der Waals surface area contributed by atoms with Crippen molar-refractivity contribution in [2.24, 2.45) is 11.7 Å². The van der Waals surface area contributed by atoms with Gasteiger partial charge in [0.05, 0.1) is 5.60 Å². The minimum absolute atomic E-state index is 0.0435. The first-order chi connectivity index (χ1) is 7.89. The summed E-state index contributed by atoms with van der Waals surface area (Å²) in [4.78, 5) is 16.8. The van der Waals surface area contributed by atoms with Crippen molar-refractivity contribution in [3.63, 3.8) is 0 Å². The van der Waals surface area contributed by atoms with Crippen LogP contribution in [0.15, 0.2) is 0 Å². The van der Waals surface area contributed by atoms with E-state index in [0.717, 1.165) is 25.7 Å². The zero-order valence-corrected chi connectivity index (χ0v) is 11.7. The Labute approximate surface area is 105 Å². The normalized spacial score (nSPS) is 13.5. The van der Waals surface area contributed by atoms with Gasteiger partial charge in [0.1, 0.15) is 0 Å². The molecule has 1 unspecified atom stereocenters. The number of hydrogen-bond acceptors (Lipinski definition) is 3. The molecule has 0 bridgehead atoms. The minimum Gasteiger partial charge on any atom is -0.330 e. The van der Waals surface area contributed by atoms with E-state index >= 15 is 0 Å². The fraction of sp³-hybridized carbons (Fsp3) is 0.923. The van der Waals surface area contributed by atoms with Gasteiger partial charge in [0, 0.05) is 6.42 Å². The quantitative estimate of drug-likeness (QED) is 0.644. The maximum absolute atomic E-state index is 11.5. The Morgan fingerprint density at radius 1 is 1.29 bits per heavy atom. The molecule has 0 aliphatic heterocycles. The summed E-state index contributed by atoms with van der Waals surface area (Å²) in [5, 5.41) is 0. The number of carbonyl (C=O) groups is 1. The highest BCUT2D eigenvalue weighted by Gasteiger charge is 2.14. The maximum atomic E-state index is 11.5. The van der Waals surface area contributed by atoms with Gasteiger partial charge in [-0.25, -0.2) is 5.48 Å². The van der Waals surface area contributed by atoms with Crippen LogP contribution < -0.4 is 11.2 Å². The van der Waals surface area contributed by atoms with Crippen molar-refractivity contribution >= 4 is 5.91 Å². The fourth-order valence-corrected chi connectivity index (χ4v) is 1.67. The number of carbonyl (C=O) groups excluding carboxylic acids is 1. The van der Waals surface area contributed by atoms with Gasteiger partial charge in [0.2, 0.25) is 5.91 Å². The standard InChI is InChI=1S/C13H28N2O2/c1-5-6-11(9-10-14)7-8-12(16)15-17-13(2,3)4/h11H,5-10,14H2,1-4H3,(H,15,16). The van der Waals surface area contributed by atoms with Crippen LogP contribution in [0.2, 0.25) is 0 Å². The molecule has 102 valence electrons. The Kier molecular flexibility index (Phi) is 8.17. The van der Waals surface area contributed by atoms with Crippen molar-refractivity contribution in [1.29, 1.82) is 0 Å². The summed E-state index contributed by atoms with van der Waals surface area (Å²) >= 11 is 0. The van der Waals surface area contributed by atoms with Crippen molar-refractivity contribution in [2.45, 2.75) is 65.4 Å². The van der Waals surface area contributed by atoms with E-state index in [-0.39, 0.29) is 11.5 Å². The summed E-state index contributed by atoms with van der Waals surface area (Å²) in [5.41, 5.74) is 7.71. The van der Waals surface area contributed by atoms with Gasteiger partial charge in [0.15, 0.2) is 0 Å². The maximum Gasteiger partial charge on any atom is 0.243 e. The van der Waals surface area contributed by atoms with Gasteiger partial charge in [-0.3, -0.25) is 9.63 Å². The van der Waals surface area contributed by atoms with Gasteiger partial charge in [-0.05, 0) is 46.1 Å². The molecule has 1 amide bonds. The highest BCUT2D eigenvalue weighted by molar-refractivity contribution is 5.74. The Hall–Kier alpha value is -0.610. The fourth-order valence-electron chi connectivity index (χ4n) is 1.67. The summed E-state index contributed by atoms with van der Waals surface area (Å²) < 4.78 is 0. The van der Waals surface area contributed by atoms with Crippen LogP contribution in [0.25, 0.3) is 0 Å². The van der Waals surface area contributed by atoms with Crippen LogP contribution in [0.4, 0.5) is 0 Å². The van der Waals surface area contributed by atoms with Crippen molar-refractivity contribution < 1.29 is 9.63 Å². The van der Waals surface area contributed by atoms with Crippen molar-refractivity contribution in [3.05, 3.63) is 0 Å². The van der Waals surface area contributed by atoms with Crippen LogP contribution in [0.3, 0.4) is 0 Å². The number of nitrogens with two attached hydrogens (primary N) is 1. The van der Waals surface area contributed by atoms with E-state index in [0.29, 0.717) is 18.9 Å². The Morgan fingerprint density at radius 3 is 2.41 bits per heavy atom. The summed E-state index contributed by atoms with van der Waals surface area (Å²) in [7, 11) is 0. The third kappa shape index (κ3) is 10.3. The van der Waals surface area contributed by atoms with E-state index in [1.807, 2.05) is 20.8 Å². The lowest BCUT2D eigenvalue weighted by atomic mass is 9.94. The predicted octanol–water partition coefficient (Wildman–Crippen LogP) is 2.38. The molecule has 0 fully saturated rings. The molecule has 4 nitrogen and oxygen atoms in total. The molecule has 0 aliphatic rings. The Bertz CT molecular complexity index is 206. The topological polar surface area (TPSA) is 64.4 Å². The molecule has 0 heterocycles. The smallest absolute Gasteiger partial charge is 0.243 e. The molecule has 0 saturated heterocycles. The second-order valence-corrected chi connectivity index (χ2v) is 5.51. The molecule has 0 aromatic rings. The van der Waals surface area contributed by atoms with Gasteiger partial charge in [-0.2, -0.15) is 0 Å². The number of hydrogen-bond donors (Lipinski definition) is 2. The van der Waals surface area contributed by atoms with E-state index in [9.17, 15) is 4.79 Å². The number of nitrogens with one attached hydrogen (secondary N) is 1. The summed E-state index contributed by atoms with van der Waals surface area (Å²) in [5.74, 6) is 0.517. The van der Waals surface area contributed by atoms with E-state index < -0.39 is 0 Å². The van der Waals surface area contributed by atoms with Crippen molar-refractivity contribution in [2.75, 3.05) is 6.54 Å². The van der Waals surface area contributed by atoms with E-state index in [1.54, 1.807) is 0 Å². The third-order valence-electron chi connectivity index (χ3n) is 2.52. The molecular weight excluding hydrogens is 216 g/mol. The lowest BCUT2D eigenvalue weighted by Crippen LogP contribution is -2.33. The molecule has 0 aromatic heterocycles. The van der Waals surface area contributed by atoms with Gasteiger partial charge < -0.3 is 5.73 Å².